The second kappa shape index (κ2) is 6.28. The van der Waals surface area contributed by atoms with Gasteiger partial charge in [-0.1, -0.05) is 6.92 Å². The normalized spacial score (nSPS) is 16.8. The minimum absolute atomic E-state index is 0.152. The number of thioether (sulfide) groups is 1. The minimum Gasteiger partial charge on any atom is -0.395 e. The first kappa shape index (κ1) is 10.6. The summed E-state index contributed by atoms with van der Waals surface area (Å²) in [5.74, 6) is 0.871. The Bertz CT molecular complexity index is 72.1. The number of aliphatic hydroxyl groups is 2. The molecule has 0 saturated carbocycles. The van der Waals surface area contributed by atoms with E-state index in [9.17, 15) is 0 Å². The first-order valence-corrected chi connectivity index (χ1v) is 4.75. The zero-order valence-corrected chi connectivity index (χ0v) is 7.53. The Morgan fingerprint density at radius 2 is 2.20 bits per heavy atom. The lowest BCUT2D eigenvalue weighted by Crippen LogP contribution is -2.15. The summed E-state index contributed by atoms with van der Waals surface area (Å²) in [4.78, 5) is 0. The molecule has 0 aliphatic heterocycles. The van der Waals surface area contributed by atoms with Gasteiger partial charge in [0, 0.05) is 16.9 Å². The molecule has 10 heavy (non-hydrogen) atoms. The Kier molecular flexibility index (Phi) is 6.63. The second-order valence-electron chi connectivity index (χ2n) is 2.13. The zero-order chi connectivity index (χ0) is 7.98. The Morgan fingerprint density at radius 1 is 1.60 bits per heavy atom. The van der Waals surface area contributed by atoms with E-state index in [2.05, 4.69) is 0 Å². The Balaban J connectivity index is 3.17. The summed E-state index contributed by atoms with van der Waals surface area (Å²) in [6, 6.07) is 0. The molecule has 0 heterocycles. The molecule has 0 aliphatic carbocycles. The van der Waals surface area contributed by atoms with Gasteiger partial charge in [0.2, 0.25) is 0 Å². The Labute approximate surface area is 70.6 Å². The van der Waals surface area contributed by atoms with Crippen LogP contribution in [0.15, 0.2) is 0 Å². The fraction of sp³-hybridized carbons (Fsp3) is 1.00. The van der Waals surface area contributed by atoms with Gasteiger partial charge in [-0.05, 0) is 0 Å². The number of rotatable bonds is 5. The largest absolute Gasteiger partial charge is 0.395 e. The van der Waals surface area contributed by atoms with Crippen molar-refractivity contribution in [1.29, 1.82) is 0 Å². The van der Waals surface area contributed by atoms with Gasteiger partial charge in [0.1, 0.15) is 0 Å². The Morgan fingerprint density at radius 3 is 2.60 bits per heavy atom. The molecule has 2 unspecified atom stereocenters. The van der Waals surface area contributed by atoms with Crippen molar-refractivity contribution in [3.63, 3.8) is 0 Å². The molecule has 0 bridgehead atoms. The van der Waals surface area contributed by atoms with E-state index in [0.29, 0.717) is 5.75 Å². The van der Waals surface area contributed by atoms with Crippen LogP contribution in [0, 0.1) is 0 Å². The summed E-state index contributed by atoms with van der Waals surface area (Å²) in [6.45, 7) is 2.06. The molecule has 2 atom stereocenters. The molecule has 0 rings (SSSR count). The number of hydrogen-bond acceptors (Lipinski definition) is 3. The maximum absolute atomic E-state index is 8.97. The molecule has 0 aromatic rings. The maximum Gasteiger partial charge on any atom is 0.0765 e. The van der Waals surface area contributed by atoms with Crippen molar-refractivity contribution < 1.29 is 10.2 Å². The van der Waals surface area contributed by atoms with Gasteiger partial charge in [-0.25, -0.2) is 0 Å². The molecule has 62 valence electrons. The van der Waals surface area contributed by atoms with Crippen LogP contribution < -0.4 is 0 Å². The predicted molar refractivity (Wildman–Crippen MR) is 45.7 cm³/mol. The number of hydrogen-bond donors (Lipinski definition) is 2. The summed E-state index contributed by atoms with van der Waals surface area (Å²) in [7, 11) is 0. The first-order chi connectivity index (χ1) is 4.70. The van der Waals surface area contributed by atoms with Crippen LogP contribution in [0.2, 0.25) is 0 Å². The molecule has 4 heteroatoms. The van der Waals surface area contributed by atoms with Gasteiger partial charge in [-0.3, -0.25) is 0 Å². The fourth-order valence-electron chi connectivity index (χ4n) is 0.373. The van der Waals surface area contributed by atoms with Crippen molar-refractivity contribution in [3.05, 3.63) is 0 Å². The van der Waals surface area contributed by atoms with Crippen LogP contribution in [0.4, 0.5) is 0 Å². The smallest absolute Gasteiger partial charge is 0.0765 e. The van der Waals surface area contributed by atoms with Gasteiger partial charge in [-0.2, -0.15) is 11.8 Å². The van der Waals surface area contributed by atoms with Crippen LogP contribution in [0.25, 0.3) is 0 Å². The van der Waals surface area contributed by atoms with E-state index < -0.39 is 6.10 Å². The average Bonchev–Trinajstić information content (AvgIpc) is 1.99. The molecule has 0 amide bonds. The lowest BCUT2D eigenvalue weighted by atomic mass is 10.5. The van der Waals surface area contributed by atoms with E-state index in [4.69, 9.17) is 21.8 Å². The summed E-state index contributed by atoms with van der Waals surface area (Å²) < 4.78 is 0. The summed E-state index contributed by atoms with van der Waals surface area (Å²) in [5, 5.41) is 17.7. The monoisotopic (exact) mass is 184 g/mol. The van der Waals surface area contributed by atoms with Crippen LogP contribution in [-0.2, 0) is 0 Å². The quantitative estimate of drug-likeness (QED) is 0.619. The van der Waals surface area contributed by atoms with Crippen molar-refractivity contribution in [1.82, 2.24) is 0 Å². The van der Waals surface area contributed by atoms with Crippen molar-refractivity contribution in [2.24, 2.45) is 0 Å². The molecule has 0 aliphatic rings. The van der Waals surface area contributed by atoms with Gasteiger partial charge in [0.15, 0.2) is 0 Å². The molecule has 0 spiro atoms. The highest BCUT2D eigenvalue weighted by molar-refractivity contribution is 7.99. The Hall–Kier alpha value is 0.560. The third-order valence-corrected chi connectivity index (χ3v) is 2.66. The molecular formula is C6H13ClO2S. The summed E-state index contributed by atoms with van der Waals surface area (Å²) in [6.07, 6.45) is -0.444. The molecule has 0 saturated heterocycles. The van der Waals surface area contributed by atoms with E-state index >= 15 is 0 Å². The number of aliphatic hydroxyl groups excluding tert-OH is 2. The third-order valence-electron chi connectivity index (χ3n) is 1.01. The van der Waals surface area contributed by atoms with Crippen LogP contribution >= 0.6 is 23.4 Å². The van der Waals surface area contributed by atoms with Gasteiger partial charge in [0.05, 0.1) is 12.7 Å². The molecule has 2 N–H and O–H groups in total. The highest BCUT2D eigenvalue weighted by Gasteiger charge is 2.05. The highest BCUT2D eigenvalue weighted by Crippen LogP contribution is 2.11. The van der Waals surface area contributed by atoms with Gasteiger partial charge < -0.3 is 10.2 Å². The lowest BCUT2D eigenvalue weighted by molar-refractivity contribution is 0.223. The second-order valence-corrected chi connectivity index (χ2v) is 3.91. The van der Waals surface area contributed by atoms with Gasteiger partial charge in [-0.15, -0.1) is 11.6 Å². The van der Waals surface area contributed by atoms with Crippen molar-refractivity contribution in [3.8, 4) is 0 Å². The van der Waals surface area contributed by atoms with Gasteiger partial charge >= 0.3 is 0 Å². The molecule has 0 fully saturated rings. The highest BCUT2D eigenvalue weighted by atomic mass is 35.5. The van der Waals surface area contributed by atoms with Crippen LogP contribution in [-0.4, -0.2) is 39.8 Å². The van der Waals surface area contributed by atoms with Crippen LogP contribution in [0.5, 0.6) is 0 Å². The summed E-state index contributed by atoms with van der Waals surface area (Å²) >= 11 is 6.88. The zero-order valence-electron chi connectivity index (χ0n) is 5.96. The number of halogens is 1. The SMILES string of the molecule is CC(CO)SCC(O)CCl. The maximum atomic E-state index is 8.97. The van der Waals surface area contributed by atoms with E-state index in [1.807, 2.05) is 6.92 Å². The number of alkyl halides is 1. The fourth-order valence-corrected chi connectivity index (χ4v) is 1.39. The van der Waals surface area contributed by atoms with E-state index in [0.717, 1.165) is 0 Å². The standard InChI is InChI=1S/C6H13ClO2S/c1-5(3-8)10-4-6(9)2-7/h5-6,8-9H,2-4H2,1H3. The third kappa shape index (κ3) is 5.35. The van der Waals surface area contributed by atoms with Crippen molar-refractivity contribution >= 4 is 23.4 Å². The molecular weight excluding hydrogens is 172 g/mol. The average molecular weight is 185 g/mol. The van der Waals surface area contributed by atoms with E-state index in [1.54, 1.807) is 0 Å². The van der Waals surface area contributed by atoms with E-state index in [-0.39, 0.29) is 17.7 Å². The molecule has 0 aromatic heterocycles. The lowest BCUT2D eigenvalue weighted by Gasteiger charge is -2.09. The van der Waals surface area contributed by atoms with Gasteiger partial charge in [0.25, 0.3) is 0 Å². The van der Waals surface area contributed by atoms with E-state index in [1.165, 1.54) is 11.8 Å². The molecule has 2 nitrogen and oxygen atoms in total. The molecule has 0 radical (unpaired) electrons. The van der Waals surface area contributed by atoms with Crippen molar-refractivity contribution in [2.75, 3.05) is 18.2 Å². The predicted octanol–water partition coefficient (Wildman–Crippen LogP) is 0.700. The minimum atomic E-state index is -0.444. The summed E-state index contributed by atoms with van der Waals surface area (Å²) in [5.41, 5.74) is 0. The topological polar surface area (TPSA) is 40.5 Å². The van der Waals surface area contributed by atoms with Crippen LogP contribution in [0.1, 0.15) is 6.92 Å². The van der Waals surface area contributed by atoms with Crippen LogP contribution in [0.3, 0.4) is 0 Å². The van der Waals surface area contributed by atoms with Crippen molar-refractivity contribution in [2.45, 2.75) is 18.3 Å². The first-order valence-electron chi connectivity index (χ1n) is 3.17. The molecule has 0 aromatic carbocycles.